The maximum absolute atomic E-state index is 6.54. The minimum atomic E-state index is 0.109. The first-order chi connectivity index (χ1) is 8.54. The second-order valence-electron chi connectivity index (χ2n) is 5.61. The first-order valence-electron chi connectivity index (χ1n) is 6.99. The lowest BCUT2D eigenvalue weighted by Crippen LogP contribution is -2.29. The highest BCUT2D eigenvalue weighted by Gasteiger charge is 2.33. The third-order valence-corrected chi connectivity index (χ3v) is 4.20. The van der Waals surface area contributed by atoms with E-state index in [4.69, 9.17) is 10.5 Å². The molecule has 1 aliphatic heterocycles. The van der Waals surface area contributed by atoms with Crippen molar-refractivity contribution < 1.29 is 4.74 Å². The van der Waals surface area contributed by atoms with Gasteiger partial charge in [0.05, 0.1) is 6.10 Å². The fourth-order valence-electron chi connectivity index (χ4n) is 3.43. The zero-order chi connectivity index (χ0) is 13.3. The van der Waals surface area contributed by atoms with Gasteiger partial charge in [-0.3, -0.25) is 0 Å². The summed E-state index contributed by atoms with van der Waals surface area (Å²) in [6.07, 6.45) is 2.48. The fraction of sp³-hybridized carbons (Fsp3) is 0.625. The first kappa shape index (κ1) is 13.6. The van der Waals surface area contributed by atoms with Crippen LogP contribution in [0.15, 0.2) is 12.1 Å². The Morgan fingerprint density at radius 1 is 1.28 bits per heavy atom. The number of benzene rings is 1. The van der Waals surface area contributed by atoms with Gasteiger partial charge in [-0.15, -0.1) is 0 Å². The van der Waals surface area contributed by atoms with Crippen LogP contribution in [0.5, 0.6) is 0 Å². The van der Waals surface area contributed by atoms with Crippen LogP contribution in [0, 0.1) is 26.7 Å². The average Bonchev–Trinajstić information content (AvgIpc) is 2.75. The van der Waals surface area contributed by atoms with Crippen molar-refractivity contribution >= 4 is 0 Å². The van der Waals surface area contributed by atoms with Gasteiger partial charge < -0.3 is 10.5 Å². The van der Waals surface area contributed by atoms with Gasteiger partial charge in [-0.05, 0) is 50.3 Å². The largest absolute Gasteiger partial charge is 0.378 e. The number of hydrogen-bond donors (Lipinski definition) is 1. The van der Waals surface area contributed by atoms with Crippen molar-refractivity contribution in [2.24, 2.45) is 11.7 Å². The van der Waals surface area contributed by atoms with E-state index < -0.39 is 0 Å². The summed E-state index contributed by atoms with van der Waals surface area (Å²) in [5.74, 6) is 0.468. The summed E-state index contributed by atoms with van der Waals surface area (Å²) in [5.41, 5.74) is 11.8. The molecule has 1 aliphatic rings. The number of rotatable bonds is 3. The molecule has 0 bridgehead atoms. The van der Waals surface area contributed by atoms with Crippen molar-refractivity contribution in [1.82, 2.24) is 0 Å². The second kappa shape index (κ2) is 5.41. The summed E-state index contributed by atoms with van der Waals surface area (Å²) in [5, 5.41) is 0. The van der Waals surface area contributed by atoms with Crippen molar-refractivity contribution in [1.29, 1.82) is 0 Å². The van der Waals surface area contributed by atoms with Gasteiger partial charge in [0.15, 0.2) is 0 Å². The Bertz CT molecular complexity index is 404. The van der Waals surface area contributed by atoms with Crippen molar-refractivity contribution in [2.75, 3.05) is 6.61 Å². The number of aryl methyl sites for hydroxylation is 3. The topological polar surface area (TPSA) is 35.2 Å². The molecule has 2 rings (SSSR count). The summed E-state index contributed by atoms with van der Waals surface area (Å²) in [4.78, 5) is 0. The molecule has 3 unspecified atom stereocenters. The van der Waals surface area contributed by atoms with E-state index in [1.165, 1.54) is 22.3 Å². The van der Waals surface area contributed by atoms with Crippen molar-refractivity contribution in [3.05, 3.63) is 34.4 Å². The standard InChI is InChI=1S/C16H25NO/c1-5-14-13(6-7-18-14)16(17)15-11(3)8-10(2)9-12(15)4/h8-9,13-14,16H,5-7,17H2,1-4H3. The molecule has 100 valence electrons. The molecule has 1 aromatic carbocycles. The molecule has 3 atom stereocenters. The Morgan fingerprint density at radius 3 is 2.44 bits per heavy atom. The number of ether oxygens (including phenoxy) is 1. The second-order valence-corrected chi connectivity index (χ2v) is 5.61. The molecule has 0 aromatic heterocycles. The Hall–Kier alpha value is -0.860. The lowest BCUT2D eigenvalue weighted by molar-refractivity contribution is 0.0812. The highest BCUT2D eigenvalue weighted by Crippen LogP contribution is 2.36. The van der Waals surface area contributed by atoms with Crippen LogP contribution in [0.1, 0.15) is 48.1 Å². The molecular formula is C16H25NO. The molecule has 0 aliphatic carbocycles. The van der Waals surface area contributed by atoms with Gasteiger partial charge in [0.25, 0.3) is 0 Å². The van der Waals surface area contributed by atoms with Crippen molar-refractivity contribution in [2.45, 2.75) is 52.7 Å². The Kier molecular flexibility index (Phi) is 4.08. The van der Waals surface area contributed by atoms with E-state index in [2.05, 4.69) is 39.8 Å². The Labute approximate surface area is 111 Å². The van der Waals surface area contributed by atoms with Crippen molar-refractivity contribution in [3.63, 3.8) is 0 Å². The molecule has 2 nitrogen and oxygen atoms in total. The molecule has 1 aromatic rings. The lowest BCUT2D eigenvalue weighted by atomic mass is 9.83. The van der Waals surface area contributed by atoms with Crippen LogP contribution < -0.4 is 5.73 Å². The molecule has 1 heterocycles. The van der Waals surface area contributed by atoms with E-state index in [0.717, 1.165) is 19.4 Å². The van der Waals surface area contributed by atoms with E-state index in [0.29, 0.717) is 12.0 Å². The minimum Gasteiger partial charge on any atom is -0.378 e. The Balaban J connectivity index is 2.31. The van der Waals surface area contributed by atoms with Crippen LogP contribution in [0.3, 0.4) is 0 Å². The van der Waals surface area contributed by atoms with E-state index in [-0.39, 0.29) is 6.04 Å². The number of hydrogen-bond acceptors (Lipinski definition) is 2. The number of nitrogens with two attached hydrogens (primary N) is 1. The van der Waals surface area contributed by atoms with Gasteiger partial charge >= 0.3 is 0 Å². The predicted octanol–water partition coefficient (Wildman–Crippen LogP) is 3.43. The molecular weight excluding hydrogens is 222 g/mol. The molecule has 1 saturated heterocycles. The summed E-state index contributed by atoms with van der Waals surface area (Å²) < 4.78 is 5.78. The molecule has 2 heteroatoms. The van der Waals surface area contributed by atoms with E-state index in [9.17, 15) is 0 Å². The molecule has 18 heavy (non-hydrogen) atoms. The summed E-state index contributed by atoms with van der Waals surface area (Å²) in [6.45, 7) is 9.53. The third-order valence-electron chi connectivity index (χ3n) is 4.20. The van der Waals surface area contributed by atoms with Gasteiger partial charge in [-0.25, -0.2) is 0 Å². The van der Waals surface area contributed by atoms with E-state index in [1.54, 1.807) is 0 Å². The van der Waals surface area contributed by atoms with Crippen molar-refractivity contribution in [3.8, 4) is 0 Å². The van der Waals surface area contributed by atoms with E-state index >= 15 is 0 Å². The highest BCUT2D eigenvalue weighted by atomic mass is 16.5. The highest BCUT2D eigenvalue weighted by molar-refractivity contribution is 5.40. The minimum absolute atomic E-state index is 0.109. The average molecular weight is 247 g/mol. The monoisotopic (exact) mass is 247 g/mol. The molecule has 2 N–H and O–H groups in total. The molecule has 1 fully saturated rings. The maximum atomic E-state index is 6.54. The van der Waals surface area contributed by atoms with Crippen LogP contribution >= 0.6 is 0 Å². The smallest absolute Gasteiger partial charge is 0.0619 e. The van der Waals surface area contributed by atoms with Crippen LogP contribution in [-0.2, 0) is 4.74 Å². The summed E-state index contributed by atoms with van der Waals surface area (Å²) >= 11 is 0. The van der Waals surface area contributed by atoms with E-state index in [1.807, 2.05) is 0 Å². The molecule has 0 amide bonds. The quantitative estimate of drug-likeness (QED) is 0.888. The summed E-state index contributed by atoms with van der Waals surface area (Å²) in [7, 11) is 0. The van der Waals surface area contributed by atoms with Gasteiger partial charge in [0.2, 0.25) is 0 Å². The van der Waals surface area contributed by atoms with Crippen LogP contribution in [0.4, 0.5) is 0 Å². The van der Waals surface area contributed by atoms with Crippen LogP contribution in [0.25, 0.3) is 0 Å². The van der Waals surface area contributed by atoms with Gasteiger partial charge in [0, 0.05) is 18.6 Å². The maximum Gasteiger partial charge on any atom is 0.0619 e. The molecule has 0 saturated carbocycles. The molecule has 0 spiro atoms. The Morgan fingerprint density at radius 2 is 1.89 bits per heavy atom. The fourth-order valence-corrected chi connectivity index (χ4v) is 3.43. The first-order valence-corrected chi connectivity index (χ1v) is 6.99. The normalized spacial score (nSPS) is 25.4. The van der Waals surface area contributed by atoms with Crippen LogP contribution in [0.2, 0.25) is 0 Å². The zero-order valence-electron chi connectivity index (χ0n) is 12.0. The van der Waals surface area contributed by atoms with Gasteiger partial charge in [-0.1, -0.05) is 24.6 Å². The zero-order valence-corrected chi connectivity index (χ0v) is 12.0. The molecule has 0 radical (unpaired) electrons. The SMILES string of the molecule is CCC1OCCC1C(N)c1c(C)cc(C)cc1C. The van der Waals surface area contributed by atoms with Gasteiger partial charge in [0.1, 0.15) is 0 Å². The summed E-state index contributed by atoms with van der Waals surface area (Å²) in [6, 6.07) is 4.58. The lowest BCUT2D eigenvalue weighted by Gasteiger charge is -2.27. The van der Waals surface area contributed by atoms with Gasteiger partial charge in [-0.2, -0.15) is 0 Å². The predicted molar refractivity (Wildman–Crippen MR) is 75.7 cm³/mol. The third kappa shape index (κ3) is 2.45. The van der Waals surface area contributed by atoms with Crippen LogP contribution in [-0.4, -0.2) is 12.7 Å².